The van der Waals surface area contributed by atoms with Crippen LogP contribution >= 0.6 is 0 Å². The SMILES string of the molecule is CC#C[C@]1(O)[C@H](C)C[C@H]2[C@@H]3CCC4=CC(=O)CCC4=C3[C@@H](c3cccc(N(C)C)c3)C[C@@]21C. The first-order chi connectivity index (χ1) is 15.7. The Morgan fingerprint density at radius 2 is 1.97 bits per heavy atom. The lowest BCUT2D eigenvalue weighted by molar-refractivity contribution is -0.114. The van der Waals surface area contributed by atoms with Gasteiger partial charge in [0.05, 0.1) is 0 Å². The first kappa shape index (κ1) is 22.5. The van der Waals surface area contributed by atoms with E-state index in [1.54, 1.807) is 5.57 Å². The van der Waals surface area contributed by atoms with Crippen LogP contribution in [0.25, 0.3) is 0 Å². The molecule has 6 atom stereocenters. The number of carbonyl (C=O) groups excluding carboxylic acids is 1. The van der Waals surface area contributed by atoms with E-state index in [2.05, 4.69) is 68.9 Å². The first-order valence-corrected chi connectivity index (χ1v) is 12.6. The van der Waals surface area contributed by atoms with Crippen molar-refractivity contribution in [2.24, 2.45) is 23.2 Å². The van der Waals surface area contributed by atoms with Crippen molar-refractivity contribution >= 4 is 11.5 Å². The molecule has 0 amide bonds. The third-order valence-electron chi connectivity index (χ3n) is 9.42. The molecular formula is C30H37NO2. The maximum absolute atomic E-state index is 12.2. The quantitative estimate of drug-likeness (QED) is 0.600. The van der Waals surface area contributed by atoms with E-state index in [1.165, 1.54) is 22.4 Å². The minimum absolute atomic E-state index is 0.155. The molecule has 1 N–H and O–H groups in total. The Kier molecular flexibility index (Phi) is 5.37. The molecule has 33 heavy (non-hydrogen) atoms. The fraction of sp³-hybridized carbons (Fsp3) is 0.567. The Morgan fingerprint density at radius 1 is 1.18 bits per heavy atom. The van der Waals surface area contributed by atoms with Crippen LogP contribution in [0, 0.1) is 35.0 Å². The molecule has 0 saturated heterocycles. The predicted molar refractivity (Wildman–Crippen MR) is 134 cm³/mol. The molecule has 0 unspecified atom stereocenters. The number of nitrogens with zero attached hydrogens (tertiary/aromatic N) is 1. The molecule has 0 heterocycles. The Hall–Kier alpha value is -2.31. The molecule has 2 saturated carbocycles. The highest BCUT2D eigenvalue weighted by Crippen LogP contribution is 2.68. The standard InChI is InChI=1S/C30H37NO2/c1-6-14-30(33)19(2)15-27-25-12-10-21-17-23(32)11-13-24(21)28(25)26(18-29(27,30)3)20-8-7-9-22(16-20)31(4)5/h7-9,16-17,19,25-27,33H,10-13,15,18H2,1-5H3/t19-,25+,26-,27+,29+,30+/m1/s1. The topological polar surface area (TPSA) is 40.5 Å². The summed E-state index contributed by atoms with van der Waals surface area (Å²) in [5.41, 5.74) is 5.63. The summed E-state index contributed by atoms with van der Waals surface area (Å²) >= 11 is 0. The van der Waals surface area contributed by atoms with Gasteiger partial charge in [0.1, 0.15) is 5.60 Å². The number of benzene rings is 1. The number of hydrogen-bond donors (Lipinski definition) is 1. The van der Waals surface area contributed by atoms with E-state index in [0.717, 1.165) is 32.1 Å². The molecule has 0 radical (unpaired) electrons. The largest absolute Gasteiger partial charge is 0.378 e. The Labute approximate surface area is 199 Å². The van der Waals surface area contributed by atoms with Crippen LogP contribution in [-0.2, 0) is 4.79 Å². The van der Waals surface area contributed by atoms with Crippen LogP contribution in [0.5, 0.6) is 0 Å². The molecular weight excluding hydrogens is 406 g/mol. The smallest absolute Gasteiger partial charge is 0.156 e. The van der Waals surface area contributed by atoms with Crippen LogP contribution < -0.4 is 4.90 Å². The van der Waals surface area contributed by atoms with E-state index in [0.29, 0.717) is 18.3 Å². The number of ketones is 1. The van der Waals surface area contributed by atoms with E-state index in [-0.39, 0.29) is 23.0 Å². The van der Waals surface area contributed by atoms with Gasteiger partial charge in [0.25, 0.3) is 0 Å². The van der Waals surface area contributed by atoms with E-state index in [9.17, 15) is 9.90 Å². The van der Waals surface area contributed by atoms with Crippen molar-refractivity contribution in [2.45, 2.75) is 70.8 Å². The molecule has 0 aliphatic heterocycles. The molecule has 1 aromatic carbocycles. The summed E-state index contributed by atoms with van der Waals surface area (Å²) in [5, 5.41) is 12.0. The van der Waals surface area contributed by atoms with Gasteiger partial charge in [-0.25, -0.2) is 0 Å². The van der Waals surface area contributed by atoms with Crippen LogP contribution in [0.3, 0.4) is 0 Å². The molecule has 1 aromatic rings. The van der Waals surface area contributed by atoms with Crippen molar-refractivity contribution in [3.8, 4) is 11.8 Å². The normalized spacial score (nSPS) is 37.4. The van der Waals surface area contributed by atoms with Gasteiger partial charge < -0.3 is 10.0 Å². The molecule has 5 rings (SSSR count). The zero-order valence-corrected chi connectivity index (χ0v) is 20.7. The molecule has 0 spiro atoms. The summed E-state index contributed by atoms with van der Waals surface area (Å²) in [5.74, 6) is 7.93. The van der Waals surface area contributed by atoms with E-state index < -0.39 is 5.60 Å². The first-order valence-electron chi connectivity index (χ1n) is 12.6. The van der Waals surface area contributed by atoms with Crippen molar-refractivity contribution in [3.63, 3.8) is 0 Å². The van der Waals surface area contributed by atoms with Gasteiger partial charge >= 0.3 is 0 Å². The van der Waals surface area contributed by atoms with E-state index in [4.69, 9.17) is 0 Å². The second-order valence-corrected chi connectivity index (χ2v) is 11.3. The van der Waals surface area contributed by atoms with Crippen molar-refractivity contribution in [3.05, 3.63) is 52.6 Å². The number of aliphatic hydroxyl groups is 1. The number of fused-ring (bicyclic) bond motifs is 4. The van der Waals surface area contributed by atoms with Crippen LogP contribution in [-0.4, -0.2) is 30.6 Å². The van der Waals surface area contributed by atoms with Crippen LogP contribution in [0.4, 0.5) is 5.69 Å². The van der Waals surface area contributed by atoms with E-state index >= 15 is 0 Å². The number of carbonyl (C=O) groups is 1. The van der Waals surface area contributed by atoms with E-state index in [1.807, 2.05) is 13.0 Å². The Morgan fingerprint density at radius 3 is 2.70 bits per heavy atom. The fourth-order valence-corrected chi connectivity index (χ4v) is 7.77. The lowest BCUT2D eigenvalue weighted by atomic mass is 9.51. The van der Waals surface area contributed by atoms with Gasteiger partial charge in [-0.1, -0.05) is 37.5 Å². The highest BCUT2D eigenvalue weighted by atomic mass is 16.3. The fourth-order valence-electron chi connectivity index (χ4n) is 7.77. The minimum Gasteiger partial charge on any atom is -0.378 e. The highest BCUT2D eigenvalue weighted by Gasteiger charge is 2.65. The van der Waals surface area contributed by atoms with Gasteiger partial charge in [0, 0.05) is 37.5 Å². The maximum Gasteiger partial charge on any atom is 0.156 e. The summed E-state index contributed by atoms with van der Waals surface area (Å²) in [6.45, 7) is 6.35. The van der Waals surface area contributed by atoms with Gasteiger partial charge in [-0.05, 0) is 91.7 Å². The third-order valence-corrected chi connectivity index (χ3v) is 9.42. The number of allylic oxidation sites excluding steroid dienone is 4. The highest BCUT2D eigenvalue weighted by molar-refractivity contribution is 5.93. The Bertz CT molecular complexity index is 1120. The summed E-state index contributed by atoms with van der Waals surface area (Å²) in [4.78, 5) is 14.4. The van der Waals surface area contributed by atoms with Crippen molar-refractivity contribution in [1.82, 2.24) is 0 Å². The lowest BCUT2D eigenvalue weighted by Crippen LogP contribution is -2.52. The molecule has 3 nitrogen and oxygen atoms in total. The monoisotopic (exact) mass is 443 g/mol. The zero-order chi connectivity index (χ0) is 23.5. The van der Waals surface area contributed by atoms with Gasteiger partial charge in [-0.2, -0.15) is 0 Å². The summed E-state index contributed by atoms with van der Waals surface area (Å²) in [7, 11) is 4.18. The van der Waals surface area contributed by atoms with Crippen LogP contribution in [0.15, 0.2) is 47.1 Å². The molecule has 174 valence electrons. The maximum atomic E-state index is 12.2. The number of rotatable bonds is 2. The van der Waals surface area contributed by atoms with Gasteiger partial charge in [-0.15, -0.1) is 5.92 Å². The van der Waals surface area contributed by atoms with Crippen LogP contribution in [0.2, 0.25) is 0 Å². The molecule has 4 aliphatic rings. The zero-order valence-electron chi connectivity index (χ0n) is 20.7. The molecule has 0 bridgehead atoms. The Balaban J connectivity index is 1.72. The molecule has 4 aliphatic carbocycles. The number of anilines is 1. The van der Waals surface area contributed by atoms with Crippen molar-refractivity contribution in [2.75, 3.05) is 19.0 Å². The molecule has 2 fully saturated rings. The lowest BCUT2D eigenvalue weighted by Gasteiger charge is -2.54. The molecule has 0 aromatic heterocycles. The van der Waals surface area contributed by atoms with Crippen molar-refractivity contribution < 1.29 is 9.90 Å². The average Bonchev–Trinajstić information content (AvgIpc) is 2.99. The minimum atomic E-state index is -0.960. The van der Waals surface area contributed by atoms with Crippen molar-refractivity contribution in [1.29, 1.82) is 0 Å². The van der Waals surface area contributed by atoms with Gasteiger partial charge in [-0.3, -0.25) is 4.79 Å². The predicted octanol–water partition coefficient (Wildman–Crippen LogP) is 5.65. The van der Waals surface area contributed by atoms with Gasteiger partial charge in [0.15, 0.2) is 5.78 Å². The second-order valence-electron chi connectivity index (χ2n) is 11.3. The summed E-state index contributed by atoms with van der Waals surface area (Å²) in [6, 6.07) is 8.92. The number of hydrogen-bond acceptors (Lipinski definition) is 3. The third kappa shape index (κ3) is 3.25. The second kappa shape index (κ2) is 7.88. The van der Waals surface area contributed by atoms with Crippen LogP contribution in [0.1, 0.15) is 70.8 Å². The summed E-state index contributed by atoms with van der Waals surface area (Å²) < 4.78 is 0. The molecule has 3 heteroatoms. The van der Waals surface area contributed by atoms with Gasteiger partial charge in [0.2, 0.25) is 0 Å². The summed E-state index contributed by atoms with van der Waals surface area (Å²) in [6.07, 6.45) is 7.41. The average molecular weight is 444 g/mol.